The molecule has 2 atom stereocenters. The first-order valence-electron chi connectivity index (χ1n) is 5.33. The summed E-state index contributed by atoms with van der Waals surface area (Å²) in [4.78, 5) is 0. The largest absolute Gasteiger partial charge is 0.496 e. The summed E-state index contributed by atoms with van der Waals surface area (Å²) in [6.45, 7) is 0. The van der Waals surface area contributed by atoms with Gasteiger partial charge in [0.15, 0.2) is 0 Å². The quantitative estimate of drug-likeness (QED) is 0.684. The minimum Gasteiger partial charge on any atom is -0.496 e. The van der Waals surface area contributed by atoms with E-state index in [4.69, 9.17) is 10.5 Å². The molecule has 0 heterocycles. The number of benzene rings is 1. The second-order valence-corrected chi connectivity index (χ2v) is 4.03. The van der Waals surface area contributed by atoms with Crippen LogP contribution in [-0.2, 0) is 6.42 Å². The number of aliphatic hydroxyl groups is 1. The molecule has 0 radical (unpaired) electrons. The van der Waals surface area contributed by atoms with Crippen LogP contribution in [0, 0.1) is 0 Å². The molecule has 0 aromatic heterocycles. The molecule has 1 aliphatic rings. The van der Waals surface area contributed by atoms with Crippen molar-refractivity contribution in [2.75, 3.05) is 7.11 Å². The van der Waals surface area contributed by atoms with Gasteiger partial charge in [0.1, 0.15) is 5.75 Å². The molecule has 0 amide bonds. The maximum atomic E-state index is 10.0. The first-order valence-corrected chi connectivity index (χ1v) is 5.33. The highest BCUT2D eigenvalue weighted by Crippen LogP contribution is 2.33. The lowest BCUT2D eigenvalue weighted by Crippen LogP contribution is -2.27. The third-order valence-corrected chi connectivity index (χ3v) is 3.08. The fraction of sp³-hybridized carbons (Fsp3) is 0.500. The van der Waals surface area contributed by atoms with Crippen molar-refractivity contribution in [2.45, 2.75) is 31.4 Å². The van der Waals surface area contributed by atoms with Gasteiger partial charge in [-0.1, -0.05) is 12.1 Å². The molecule has 1 aliphatic carbocycles. The van der Waals surface area contributed by atoms with Gasteiger partial charge in [0.25, 0.3) is 0 Å². The zero-order chi connectivity index (χ0) is 10.8. The van der Waals surface area contributed by atoms with E-state index in [9.17, 15) is 5.11 Å². The van der Waals surface area contributed by atoms with Crippen LogP contribution in [0.5, 0.6) is 5.75 Å². The first kappa shape index (κ1) is 10.5. The second-order valence-electron chi connectivity index (χ2n) is 4.03. The molecule has 0 saturated carbocycles. The molecule has 1 aromatic rings. The Morgan fingerprint density at radius 1 is 1.47 bits per heavy atom. The zero-order valence-electron chi connectivity index (χ0n) is 8.94. The SMILES string of the molecule is COc1cccc2c1CCC[C@@H](N)[C@@H]2O. The number of nitrogens with two attached hydrogens (primary N) is 1. The van der Waals surface area contributed by atoms with Crippen molar-refractivity contribution in [3.63, 3.8) is 0 Å². The van der Waals surface area contributed by atoms with Crippen LogP contribution in [0.2, 0.25) is 0 Å². The van der Waals surface area contributed by atoms with Gasteiger partial charge in [-0.05, 0) is 36.5 Å². The average Bonchev–Trinajstić information content (AvgIpc) is 2.40. The average molecular weight is 207 g/mol. The molecule has 0 saturated heterocycles. The van der Waals surface area contributed by atoms with E-state index in [0.717, 1.165) is 36.1 Å². The summed E-state index contributed by atoms with van der Waals surface area (Å²) in [6.07, 6.45) is 2.24. The van der Waals surface area contributed by atoms with Crippen LogP contribution in [0.3, 0.4) is 0 Å². The van der Waals surface area contributed by atoms with Gasteiger partial charge in [0.05, 0.1) is 13.2 Å². The summed E-state index contributed by atoms with van der Waals surface area (Å²) in [5.41, 5.74) is 7.94. The fourth-order valence-electron chi connectivity index (χ4n) is 2.22. The van der Waals surface area contributed by atoms with E-state index in [-0.39, 0.29) is 6.04 Å². The van der Waals surface area contributed by atoms with E-state index < -0.39 is 6.10 Å². The number of ether oxygens (including phenoxy) is 1. The van der Waals surface area contributed by atoms with Crippen molar-refractivity contribution in [1.29, 1.82) is 0 Å². The van der Waals surface area contributed by atoms with Gasteiger partial charge >= 0.3 is 0 Å². The zero-order valence-corrected chi connectivity index (χ0v) is 8.94. The smallest absolute Gasteiger partial charge is 0.122 e. The van der Waals surface area contributed by atoms with E-state index in [2.05, 4.69) is 0 Å². The van der Waals surface area contributed by atoms with Crippen LogP contribution < -0.4 is 10.5 Å². The van der Waals surface area contributed by atoms with Crippen LogP contribution in [0.15, 0.2) is 18.2 Å². The molecule has 3 nitrogen and oxygen atoms in total. The van der Waals surface area contributed by atoms with E-state index in [1.165, 1.54) is 0 Å². The molecule has 0 unspecified atom stereocenters. The molecule has 82 valence electrons. The van der Waals surface area contributed by atoms with Gasteiger partial charge in [-0.3, -0.25) is 0 Å². The van der Waals surface area contributed by atoms with Gasteiger partial charge in [-0.2, -0.15) is 0 Å². The Kier molecular flexibility index (Phi) is 2.93. The molecule has 15 heavy (non-hydrogen) atoms. The lowest BCUT2D eigenvalue weighted by Gasteiger charge is -2.18. The van der Waals surface area contributed by atoms with E-state index in [0.29, 0.717) is 0 Å². The Labute approximate surface area is 89.9 Å². The summed E-state index contributed by atoms with van der Waals surface area (Å²) in [6, 6.07) is 5.62. The topological polar surface area (TPSA) is 55.5 Å². The highest BCUT2D eigenvalue weighted by molar-refractivity contribution is 5.42. The van der Waals surface area contributed by atoms with Crippen molar-refractivity contribution in [1.82, 2.24) is 0 Å². The highest BCUT2D eigenvalue weighted by atomic mass is 16.5. The van der Waals surface area contributed by atoms with Gasteiger partial charge in [-0.25, -0.2) is 0 Å². The number of rotatable bonds is 1. The van der Waals surface area contributed by atoms with Crippen molar-refractivity contribution in [2.24, 2.45) is 5.73 Å². The second kappa shape index (κ2) is 4.21. The number of hydrogen-bond acceptors (Lipinski definition) is 3. The minimum absolute atomic E-state index is 0.154. The van der Waals surface area contributed by atoms with E-state index in [1.807, 2.05) is 18.2 Å². The van der Waals surface area contributed by atoms with Crippen molar-refractivity contribution in [3.05, 3.63) is 29.3 Å². The van der Waals surface area contributed by atoms with Crippen molar-refractivity contribution in [3.8, 4) is 5.75 Å². The van der Waals surface area contributed by atoms with Crippen LogP contribution in [0.25, 0.3) is 0 Å². The fourth-order valence-corrected chi connectivity index (χ4v) is 2.22. The number of methoxy groups -OCH3 is 1. The third kappa shape index (κ3) is 1.85. The minimum atomic E-state index is -0.558. The van der Waals surface area contributed by atoms with Crippen LogP contribution >= 0.6 is 0 Å². The molecule has 0 fully saturated rings. The standard InChI is InChI=1S/C12H17NO2/c1-15-11-7-3-5-9-8(11)4-2-6-10(13)12(9)14/h3,5,7,10,12,14H,2,4,6,13H2,1H3/t10-,12-/m1/s1. The Morgan fingerprint density at radius 3 is 3.00 bits per heavy atom. The lowest BCUT2D eigenvalue weighted by atomic mass is 9.98. The number of aliphatic hydroxyl groups excluding tert-OH is 1. The predicted molar refractivity (Wildman–Crippen MR) is 58.9 cm³/mol. The monoisotopic (exact) mass is 207 g/mol. The summed E-state index contributed by atoms with van der Waals surface area (Å²) in [5.74, 6) is 0.862. The molecule has 3 N–H and O–H groups in total. The molecule has 0 aliphatic heterocycles. The Morgan fingerprint density at radius 2 is 2.27 bits per heavy atom. The Hall–Kier alpha value is -1.06. The van der Waals surface area contributed by atoms with Gasteiger partial charge in [0.2, 0.25) is 0 Å². The number of fused-ring (bicyclic) bond motifs is 1. The molecular weight excluding hydrogens is 190 g/mol. The Balaban J connectivity index is 2.47. The third-order valence-electron chi connectivity index (χ3n) is 3.08. The summed E-state index contributed by atoms with van der Waals surface area (Å²) >= 11 is 0. The summed E-state index contributed by atoms with van der Waals surface area (Å²) in [5, 5.41) is 10.0. The van der Waals surface area contributed by atoms with Gasteiger partial charge in [0, 0.05) is 6.04 Å². The normalized spacial score (nSPS) is 25.5. The van der Waals surface area contributed by atoms with E-state index in [1.54, 1.807) is 7.11 Å². The molecule has 2 rings (SSSR count). The first-order chi connectivity index (χ1) is 7.24. The van der Waals surface area contributed by atoms with Crippen LogP contribution in [0.4, 0.5) is 0 Å². The number of hydrogen-bond donors (Lipinski definition) is 2. The molecule has 3 heteroatoms. The van der Waals surface area contributed by atoms with Gasteiger partial charge < -0.3 is 15.6 Å². The predicted octanol–water partition coefficient (Wildman–Crippen LogP) is 1.39. The van der Waals surface area contributed by atoms with Crippen molar-refractivity contribution >= 4 is 0 Å². The van der Waals surface area contributed by atoms with Gasteiger partial charge in [-0.15, -0.1) is 0 Å². The Bertz CT molecular complexity index is 351. The highest BCUT2D eigenvalue weighted by Gasteiger charge is 2.24. The molecule has 0 spiro atoms. The molecule has 1 aromatic carbocycles. The maximum absolute atomic E-state index is 10.0. The molecular formula is C12H17NO2. The van der Waals surface area contributed by atoms with Crippen molar-refractivity contribution < 1.29 is 9.84 Å². The van der Waals surface area contributed by atoms with Crippen LogP contribution in [-0.4, -0.2) is 18.3 Å². The maximum Gasteiger partial charge on any atom is 0.122 e. The molecule has 0 bridgehead atoms. The summed E-state index contributed by atoms with van der Waals surface area (Å²) < 4.78 is 5.30. The summed E-state index contributed by atoms with van der Waals surface area (Å²) in [7, 11) is 1.66. The lowest BCUT2D eigenvalue weighted by molar-refractivity contribution is 0.144. The van der Waals surface area contributed by atoms with Crippen LogP contribution in [0.1, 0.15) is 30.1 Å². The van der Waals surface area contributed by atoms with E-state index >= 15 is 0 Å².